The van der Waals surface area contributed by atoms with Crippen LogP contribution in [-0.4, -0.2) is 11.6 Å². The van der Waals surface area contributed by atoms with E-state index in [4.69, 9.17) is 10.6 Å². The van der Waals surface area contributed by atoms with Crippen LogP contribution in [0.1, 0.15) is 30.2 Å². The zero-order chi connectivity index (χ0) is 14.4. The van der Waals surface area contributed by atoms with Gasteiger partial charge in [-0.2, -0.15) is 0 Å². The fourth-order valence-electron chi connectivity index (χ4n) is 2.19. The summed E-state index contributed by atoms with van der Waals surface area (Å²) in [6, 6.07) is 10.7. The van der Waals surface area contributed by atoms with Crippen molar-refractivity contribution < 1.29 is 9.13 Å². The van der Waals surface area contributed by atoms with Crippen LogP contribution in [0.4, 0.5) is 4.39 Å². The average molecular weight is 275 g/mol. The SMILES string of the molecule is CCOC(c1ccccc1)C(NN)c1ccncc1F. The smallest absolute Gasteiger partial charge is 0.146 e. The minimum absolute atomic E-state index is 0.372. The van der Waals surface area contributed by atoms with Crippen LogP contribution in [-0.2, 0) is 4.74 Å². The second-order valence-electron chi connectivity index (χ2n) is 4.33. The van der Waals surface area contributed by atoms with E-state index in [1.54, 1.807) is 6.07 Å². The van der Waals surface area contributed by atoms with Crippen molar-refractivity contribution in [1.82, 2.24) is 10.4 Å². The largest absolute Gasteiger partial charge is 0.372 e. The molecule has 2 aromatic rings. The fourth-order valence-corrected chi connectivity index (χ4v) is 2.19. The highest BCUT2D eigenvalue weighted by Gasteiger charge is 2.26. The van der Waals surface area contributed by atoms with Crippen molar-refractivity contribution in [3.8, 4) is 0 Å². The van der Waals surface area contributed by atoms with Crippen LogP contribution in [0.25, 0.3) is 0 Å². The summed E-state index contributed by atoms with van der Waals surface area (Å²) in [5.41, 5.74) is 4.02. The third kappa shape index (κ3) is 3.19. The van der Waals surface area contributed by atoms with Crippen molar-refractivity contribution in [1.29, 1.82) is 0 Å². The molecule has 4 nitrogen and oxygen atoms in total. The summed E-state index contributed by atoms with van der Waals surface area (Å²) >= 11 is 0. The molecule has 0 aliphatic carbocycles. The van der Waals surface area contributed by atoms with E-state index in [-0.39, 0.29) is 6.10 Å². The van der Waals surface area contributed by atoms with Gasteiger partial charge in [0.25, 0.3) is 0 Å². The van der Waals surface area contributed by atoms with Crippen LogP contribution in [0.3, 0.4) is 0 Å². The molecule has 0 bridgehead atoms. The fraction of sp³-hybridized carbons (Fsp3) is 0.267. The van der Waals surface area contributed by atoms with E-state index in [1.807, 2.05) is 37.3 Å². The third-order valence-corrected chi connectivity index (χ3v) is 3.10. The van der Waals surface area contributed by atoms with Crippen LogP contribution >= 0.6 is 0 Å². The number of nitrogens with one attached hydrogen (secondary N) is 1. The van der Waals surface area contributed by atoms with Gasteiger partial charge in [0.2, 0.25) is 0 Å². The Balaban J connectivity index is 2.38. The first kappa shape index (κ1) is 14.6. The first-order chi connectivity index (χ1) is 9.77. The minimum Gasteiger partial charge on any atom is -0.372 e. The highest BCUT2D eigenvalue weighted by atomic mass is 19.1. The van der Waals surface area contributed by atoms with E-state index >= 15 is 0 Å². The topological polar surface area (TPSA) is 60.2 Å². The summed E-state index contributed by atoms with van der Waals surface area (Å²) in [4.78, 5) is 3.76. The molecule has 3 N–H and O–H groups in total. The molecule has 0 amide bonds. The molecule has 2 atom stereocenters. The van der Waals surface area contributed by atoms with Gasteiger partial charge >= 0.3 is 0 Å². The van der Waals surface area contributed by atoms with E-state index in [2.05, 4.69) is 10.4 Å². The van der Waals surface area contributed by atoms with Gasteiger partial charge in [-0.15, -0.1) is 0 Å². The molecule has 0 saturated heterocycles. The lowest BCUT2D eigenvalue weighted by atomic mass is 9.96. The van der Waals surface area contributed by atoms with Crippen molar-refractivity contribution in [2.24, 2.45) is 5.84 Å². The quantitative estimate of drug-likeness (QED) is 0.628. The Labute approximate surface area is 117 Å². The van der Waals surface area contributed by atoms with Gasteiger partial charge in [-0.25, -0.2) is 9.82 Å². The van der Waals surface area contributed by atoms with Crippen molar-refractivity contribution in [2.45, 2.75) is 19.1 Å². The maximum absolute atomic E-state index is 13.9. The molecule has 0 radical (unpaired) electrons. The molecule has 0 fully saturated rings. The molecule has 0 saturated carbocycles. The second kappa shape index (κ2) is 7.09. The Morgan fingerprint density at radius 2 is 2.05 bits per heavy atom. The number of aromatic nitrogens is 1. The van der Waals surface area contributed by atoms with Gasteiger partial charge in [0.15, 0.2) is 0 Å². The summed E-state index contributed by atoms with van der Waals surface area (Å²) in [7, 11) is 0. The maximum Gasteiger partial charge on any atom is 0.146 e. The number of rotatable bonds is 6. The maximum atomic E-state index is 13.9. The summed E-state index contributed by atoms with van der Waals surface area (Å²) in [5.74, 6) is 5.22. The van der Waals surface area contributed by atoms with Gasteiger partial charge in [0.1, 0.15) is 11.9 Å². The molecule has 1 aromatic heterocycles. The number of nitrogens with two attached hydrogens (primary N) is 1. The van der Waals surface area contributed by atoms with Gasteiger partial charge < -0.3 is 4.74 Å². The molecule has 2 unspecified atom stereocenters. The summed E-state index contributed by atoms with van der Waals surface area (Å²) in [6.45, 7) is 2.40. The van der Waals surface area contributed by atoms with Gasteiger partial charge in [-0.3, -0.25) is 10.8 Å². The van der Waals surface area contributed by atoms with Crippen molar-refractivity contribution >= 4 is 0 Å². The normalized spacial score (nSPS) is 13.9. The summed E-state index contributed by atoms with van der Waals surface area (Å²) in [6.07, 6.45) is 2.34. The van der Waals surface area contributed by atoms with Crippen LogP contribution in [0.15, 0.2) is 48.8 Å². The van der Waals surface area contributed by atoms with Gasteiger partial charge in [0.05, 0.1) is 12.2 Å². The number of halogens is 1. The lowest BCUT2D eigenvalue weighted by Gasteiger charge is -2.27. The second-order valence-corrected chi connectivity index (χ2v) is 4.33. The number of benzene rings is 1. The van der Waals surface area contributed by atoms with Crippen LogP contribution in [0.5, 0.6) is 0 Å². The standard InChI is InChI=1S/C15H18FN3O/c1-2-20-15(11-6-4-3-5-7-11)14(19-17)12-8-9-18-10-13(12)16/h3-10,14-15,19H,2,17H2,1H3. The zero-order valence-electron chi connectivity index (χ0n) is 11.3. The molecule has 0 aliphatic heterocycles. The number of hydrazine groups is 1. The highest BCUT2D eigenvalue weighted by molar-refractivity contribution is 5.26. The van der Waals surface area contributed by atoms with Crippen molar-refractivity contribution in [3.05, 3.63) is 65.7 Å². The van der Waals surface area contributed by atoms with Gasteiger partial charge in [0, 0.05) is 18.4 Å². The van der Waals surface area contributed by atoms with Gasteiger partial charge in [-0.1, -0.05) is 30.3 Å². The lowest BCUT2D eigenvalue weighted by Crippen LogP contribution is -2.34. The summed E-state index contributed by atoms with van der Waals surface area (Å²) < 4.78 is 19.7. The lowest BCUT2D eigenvalue weighted by molar-refractivity contribution is 0.0317. The predicted octanol–water partition coefficient (Wildman–Crippen LogP) is 2.50. The Morgan fingerprint density at radius 3 is 2.65 bits per heavy atom. The zero-order valence-corrected chi connectivity index (χ0v) is 11.3. The van der Waals surface area contributed by atoms with E-state index in [0.717, 1.165) is 5.56 Å². The molecule has 5 heteroatoms. The first-order valence-corrected chi connectivity index (χ1v) is 6.50. The average Bonchev–Trinajstić information content (AvgIpc) is 2.50. The van der Waals surface area contributed by atoms with E-state index < -0.39 is 11.9 Å². The third-order valence-electron chi connectivity index (χ3n) is 3.10. The monoisotopic (exact) mass is 275 g/mol. The van der Waals surface area contributed by atoms with Gasteiger partial charge in [-0.05, 0) is 18.6 Å². The molecule has 2 rings (SSSR count). The van der Waals surface area contributed by atoms with E-state index in [0.29, 0.717) is 12.2 Å². The predicted molar refractivity (Wildman–Crippen MR) is 75.1 cm³/mol. The molecular weight excluding hydrogens is 257 g/mol. The summed E-state index contributed by atoms with van der Waals surface area (Å²) in [5, 5.41) is 0. The molecule has 106 valence electrons. The minimum atomic E-state index is -0.486. The van der Waals surface area contributed by atoms with Crippen molar-refractivity contribution in [2.75, 3.05) is 6.61 Å². The molecule has 0 spiro atoms. The number of hydrogen-bond acceptors (Lipinski definition) is 4. The molecular formula is C15H18FN3O. The molecule has 0 aliphatic rings. The number of hydrogen-bond donors (Lipinski definition) is 2. The Kier molecular flexibility index (Phi) is 5.17. The van der Waals surface area contributed by atoms with Crippen LogP contribution < -0.4 is 11.3 Å². The molecule has 20 heavy (non-hydrogen) atoms. The number of pyridine rings is 1. The number of nitrogens with zero attached hydrogens (tertiary/aromatic N) is 1. The van der Waals surface area contributed by atoms with Crippen molar-refractivity contribution in [3.63, 3.8) is 0 Å². The molecule has 1 aromatic carbocycles. The van der Waals surface area contributed by atoms with Crippen LogP contribution in [0, 0.1) is 5.82 Å². The van der Waals surface area contributed by atoms with Crippen LogP contribution in [0.2, 0.25) is 0 Å². The Hall–Kier alpha value is -1.82. The molecule has 1 heterocycles. The first-order valence-electron chi connectivity index (χ1n) is 6.50. The number of ether oxygens (including phenoxy) is 1. The Morgan fingerprint density at radius 1 is 1.30 bits per heavy atom. The van der Waals surface area contributed by atoms with E-state index in [1.165, 1.54) is 12.4 Å². The van der Waals surface area contributed by atoms with E-state index in [9.17, 15) is 4.39 Å². The Bertz CT molecular complexity index is 536. The highest BCUT2D eigenvalue weighted by Crippen LogP contribution is 2.32.